The van der Waals surface area contributed by atoms with E-state index in [1.165, 1.54) is 7.11 Å². The van der Waals surface area contributed by atoms with E-state index in [-0.39, 0.29) is 18.2 Å². The highest BCUT2D eigenvalue weighted by Crippen LogP contribution is 2.25. The van der Waals surface area contributed by atoms with E-state index in [0.717, 1.165) is 25.7 Å². The van der Waals surface area contributed by atoms with Crippen molar-refractivity contribution in [3.05, 3.63) is 0 Å². The Kier molecular flexibility index (Phi) is 8.02. The molecule has 19 heavy (non-hydrogen) atoms. The number of carbonyl (C=O) groups is 1. The molecule has 1 rings (SSSR count). The quantitative estimate of drug-likeness (QED) is 0.539. The molecule has 1 N–H and O–H groups in total. The van der Waals surface area contributed by atoms with Gasteiger partial charge in [-0.3, -0.25) is 4.79 Å². The van der Waals surface area contributed by atoms with E-state index >= 15 is 0 Å². The van der Waals surface area contributed by atoms with Gasteiger partial charge in [0, 0.05) is 25.8 Å². The van der Waals surface area contributed by atoms with Crippen molar-refractivity contribution < 1.29 is 19.0 Å². The van der Waals surface area contributed by atoms with Crippen molar-refractivity contribution in [3.63, 3.8) is 0 Å². The van der Waals surface area contributed by atoms with Gasteiger partial charge in [-0.1, -0.05) is 0 Å². The second-order valence-corrected chi connectivity index (χ2v) is 4.82. The lowest BCUT2D eigenvalue weighted by Gasteiger charge is -2.29. The predicted molar refractivity (Wildman–Crippen MR) is 72.8 cm³/mol. The maximum atomic E-state index is 11.4. The molecule has 0 unspecified atom stereocenters. The third-order valence-electron chi connectivity index (χ3n) is 3.54. The SMILES string of the molecule is CCOC(CNC1CCC(C(=O)OC)CC1)OCC. The minimum absolute atomic E-state index is 0.0695. The van der Waals surface area contributed by atoms with Gasteiger partial charge in [0.05, 0.1) is 13.0 Å². The Balaban J connectivity index is 2.22. The number of nitrogens with one attached hydrogen (secondary N) is 1. The monoisotopic (exact) mass is 273 g/mol. The van der Waals surface area contributed by atoms with E-state index in [9.17, 15) is 4.79 Å². The van der Waals surface area contributed by atoms with E-state index in [1.807, 2.05) is 13.8 Å². The molecule has 0 spiro atoms. The number of hydrogen-bond acceptors (Lipinski definition) is 5. The standard InChI is InChI=1S/C14H27NO4/c1-4-18-13(19-5-2)10-15-12-8-6-11(7-9-12)14(16)17-3/h11-13,15H,4-10H2,1-3H3. The molecule has 112 valence electrons. The first-order valence-corrected chi connectivity index (χ1v) is 7.25. The lowest BCUT2D eigenvalue weighted by atomic mass is 9.86. The summed E-state index contributed by atoms with van der Waals surface area (Å²) < 4.78 is 15.8. The molecule has 0 aromatic rings. The first kappa shape index (κ1) is 16.4. The Bertz CT molecular complexity index is 246. The van der Waals surface area contributed by atoms with Gasteiger partial charge in [0.2, 0.25) is 0 Å². The summed E-state index contributed by atoms with van der Waals surface area (Å²) in [6, 6.07) is 0.448. The minimum Gasteiger partial charge on any atom is -0.469 e. The molecule has 1 aliphatic carbocycles. The topological polar surface area (TPSA) is 56.8 Å². The molecule has 0 aromatic heterocycles. The number of carbonyl (C=O) groups excluding carboxylic acids is 1. The summed E-state index contributed by atoms with van der Waals surface area (Å²) >= 11 is 0. The maximum absolute atomic E-state index is 11.4. The maximum Gasteiger partial charge on any atom is 0.308 e. The second kappa shape index (κ2) is 9.28. The summed E-state index contributed by atoms with van der Waals surface area (Å²) in [5.74, 6) is 0.0117. The van der Waals surface area contributed by atoms with Gasteiger partial charge in [-0.25, -0.2) is 0 Å². The third-order valence-corrected chi connectivity index (χ3v) is 3.54. The van der Waals surface area contributed by atoms with Crippen LogP contribution in [0.1, 0.15) is 39.5 Å². The summed E-state index contributed by atoms with van der Waals surface area (Å²) in [6.45, 7) is 5.94. The van der Waals surface area contributed by atoms with Crippen molar-refractivity contribution in [1.29, 1.82) is 0 Å². The second-order valence-electron chi connectivity index (χ2n) is 4.82. The molecule has 0 saturated heterocycles. The van der Waals surface area contributed by atoms with Crippen LogP contribution in [-0.2, 0) is 19.0 Å². The number of esters is 1. The van der Waals surface area contributed by atoms with Gasteiger partial charge in [-0.2, -0.15) is 0 Å². The predicted octanol–water partition coefficient (Wildman–Crippen LogP) is 1.71. The summed E-state index contributed by atoms with van der Waals surface area (Å²) in [6.07, 6.45) is 3.64. The number of rotatable bonds is 8. The Morgan fingerprint density at radius 3 is 2.21 bits per heavy atom. The van der Waals surface area contributed by atoms with Crippen LogP contribution in [0.25, 0.3) is 0 Å². The third kappa shape index (κ3) is 5.89. The van der Waals surface area contributed by atoms with Gasteiger partial charge in [0.15, 0.2) is 6.29 Å². The Morgan fingerprint density at radius 1 is 1.16 bits per heavy atom. The number of ether oxygens (including phenoxy) is 3. The van der Waals surface area contributed by atoms with Crippen molar-refractivity contribution in [2.24, 2.45) is 5.92 Å². The molecule has 0 aromatic carbocycles. The average Bonchev–Trinajstić information content (AvgIpc) is 2.45. The van der Waals surface area contributed by atoms with E-state index in [4.69, 9.17) is 14.2 Å². The Labute approximate surface area is 116 Å². The van der Waals surface area contributed by atoms with Crippen LogP contribution in [0.2, 0.25) is 0 Å². The molecular weight excluding hydrogens is 246 g/mol. The number of methoxy groups -OCH3 is 1. The van der Waals surface area contributed by atoms with E-state index < -0.39 is 0 Å². The summed E-state index contributed by atoms with van der Waals surface area (Å²) in [5, 5.41) is 3.47. The van der Waals surface area contributed by atoms with Crippen molar-refractivity contribution in [2.75, 3.05) is 26.9 Å². The normalized spacial score (nSPS) is 23.6. The first-order chi connectivity index (χ1) is 9.21. The molecule has 0 aliphatic heterocycles. The minimum atomic E-state index is -0.173. The van der Waals surface area contributed by atoms with Crippen molar-refractivity contribution in [2.45, 2.75) is 51.9 Å². The van der Waals surface area contributed by atoms with Crippen LogP contribution in [0.4, 0.5) is 0 Å². The van der Waals surface area contributed by atoms with Crippen LogP contribution in [0.3, 0.4) is 0 Å². The fraction of sp³-hybridized carbons (Fsp3) is 0.929. The van der Waals surface area contributed by atoms with Crippen LogP contribution >= 0.6 is 0 Å². The molecule has 1 aliphatic rings. The van der Waals surface area contributed by atoms with Crippen LogP contribution in [0, 0.1) is 5.92 Å². The largest absolute Gasteiger partial charge is 0.469 e. The average molecular weight is 273 g/mol. The molecule has 1 fully saturated rings. The summed E-state index contributed by atoms with van der Waals surface area (Å²) in [7, 11) is 1.46. The molecule has 1 saturated carbocycles. The molecule has 5 nitrogen and oxygen atoms in total. The van der Waals surface area contributed by atoms with Gasteiger partial charge in [-0.15, -0.1) is 0 Å². The highest BCUT2D eigenvalue weighted by Gasteiger charge is 2.27. The van der Waals surface area contributed by atoms with Crippen molar-refractivity contribution >= 4 is 5.97 Å². The van der Waals surface area contributed by atoms with Gasteiger partial charge in [0.1, 0.15) is 0 Å². The van der Waals surface area contributed by atoms with Gasteiger partial charge in [0.25, 0.3) is 0 Å². The van der Waals surface area contributed by atoms with Gasteiger partial charge >= 0.3 is 5.97 Å². The molecule has 0 atom stereocenters. The van der Waals surface area contributed by atoms with Crippen molar-refractivity contribution in [1.82, 2.24) is 5.32 Å². The highest BCUT2D eigenvalue weighted by atomic mass is 16.7. The van der Waals surface area contributed by atoms with Crippen LogP contribution in [-0.4, -0.2) is 45.2 Å². The fourth-order valence-electron chi connectivity index (χ4n) is 2.50. The Hall–Kier alpha value is -0.650. The molecular formula is C14H27NO4. The van der Waals surface area contributed by atoms with E-state index in [0.29, 0.717) is 25.8 Å². The molecule has 0 amide bonds. The highest BCUT2D eigenvalue weighted by molar-refractivity contribution is 5.72. The van der Waals surface area contributed by atoms with Gasteiger partial charge < -0.3 is 19.5 Å². The lowest BCUT2D eigenvalue weighted by Crippen LogP contribution is -2.40. The lowest BCUT2D eigenvalue weighted by molar-refractivity contribution is -0.147. The molecule has 0 radical (unpaired) electrons. The zero-order valence-corrected chi connectivity index (χ0v) is 12.3. The summed E-state index contributed by atoms with van der Waals surface area (Å²) in [4.78, 5) is 11.4. The van der Waals surface area contributed by atoms with Gasteiger partial charge in [-0.05, 0) is 39.5 Å². The van der Waals surface area contributed by atoms with E-state index in [1.54, 1.807) is 0 Å². The number of hydrogen-bond donors (Lipinski definition) is 1. The molecule has 0 bridgehead atoms. The fourth-order valence-corrected chi connectivity index (χ4v) is 2.50. The Morgan fingerprint density at radius 2 is 1.74 bits per heavy atom. The summed E-state index contributed by atoms with van der Waals surface area (Å²) in [5.41, 5.74) is 0. The zero-order chi connectivity index (χ0) is 14.1. The van der Waals surface area contributed by atoms with Crippen molar-refractivity contribution in [3.8, 4) is 0 Å². The van der Waals surface area contributed by atoms with Crippen LogP contribution in [0.5, 0.6) is 0 Å². The smallest absolute Gasteiger partial charge is 0.308 e. The van der Waals surface area contributed by atoms with Crippen LogP contribution in [0.15, 0.2) is 0 Å². The zero-order valence-electron chi connectivity index (χ0n) is 12.3. The first-order valence-electron chi connectivity index (χ1n) is 7.25. The van der Waals surface area contributed by atoms with E-state index in [2.05, 4.69) is 5.32 Å². The van der Waals surface area contributed by atoms with Crippen LogP contribution < -0.4 is 5.32 Å². The molecule has 5 heteroatoms. The molecule has 0 heterocycles.